The number of rotatable bonds is 5. The highest BCUT2D eigenvalue weighted by Gasteiger charge is 2.37. The molecular weight excluding hydrogens is 428 g/mol. The van der Waals surface area contributed by atoms with Crippen LogP contribution in [0.3, 0.4) is 0 Å². The van der Waals surface area contributed by atoms with Gasteiger partial charge in [0.05, 0.1) is 16.4 Å². The van der Waals surface area contributed by atoms with Crippen LogP contribution in [0.1, 0.15) is 50.3 Å². The molecule has 2 atom stereocenters. The fourth-order valence-corrected chi connectivity index (χ4v) is 4.41. The van der Waals surface area contributed by atoms with E-state index in [2.05, 4.69) is 15.3 Å². The molecule has 0 saturated carbocycles. The lowest BCUT2D eigenvalue weighted by Crippen LogP contribution is -2.41. The second-order valence-electron chi connectivity index (χ2n) is 8.88. The lowest BCUT2D eigenvalue weighted by atomic mass is 10.0. The van der Waals surface area contributed by atoms with Crippen molar-refractivity contribution in [1.29, 1.82) is 0 Å². The van der Waals surface area contributed by atoms with Crippen LogP contribution in [0, 0.1) is 12.7 Å². The quantitative estimate of drug-likeness (QED) is 0.632. The van der Waals surface area contributed by atoms with Gasteiger partial charge < -0.3 is 14.8 Å². The Morgan fingerprint density at radius 2 is 2.09 bits per heavy atom. The molecule has 1 fully saturated rings. The average molecular weight is 456 g/mol. The van der Waals surface area contributed by atoms with Crippen LogP contribution in [-0.2, 0) is 16.9 Å². The van der Waals surface area contributed by atoms with Gasteiger partial charge in [0.1, 0.15) is 23.6 Å². The van der Waals surface area contributed by atoms with E-state index in [0.717, 1.165) is 0 Å². The number of benzene rings is 1. The van der Waals surface area contributed by atoms with Gasteiger partial charge in [-0.1, -0.05) is 18.2 Å². The van der Waals surface area contributed by atoms with Crippen molar-refractivity contribution in [1.82, 2.24) is 19.4 Å². The number of fused-ring (bicyclic) bond motifs is 1. The van der Waals surface area contributed by atoms with E-state index in [-0.39, 0.29) is 23.6 Å². The zero-order chi connectivity index (χ0) is 23.9. The maximum absolute atomic E-state index is 14.7. The van der Waals surface area contributed by atoms with Crippen LogP contribution in [-0.4, -0.2) is 38.4 Å². The largest absolute Gasteiger partial charge is 0.365 e. The Labute approximate surface area is 190 Å². The van der Waals surface area contributed by atoms with E-state index < -0.39 is 17.5 Å². The van der Waals surface area contributed by atoms with E-state index in [1.807, 2.05) is 6.92 Å². The summed E-state index contributed by atoms with van der Waals surface area (Å²) in [7, 11) is 0. The predicted molar refractivity (Wildman–Crippen MR) is 122 cm³/mol. The predicted octanol–water partition coefficient (Wildman–Crippen LogP) is 3.85. The number of alkyl halides is 1. The molecule has 1 aromatic carbocycles. The van der Waals surface area contributed by atoms with Crippen molar-refractivity contribution >= 4 is 22.6 Å². The number of hydrogen-bond acceptors (Lipinski definition) is 5. The number of pyridine rings is 1. The lowest BCUT2D eigenvalue weighted by molar-refractivity contribution is -0.128. The summed E-state index contributed by atoms with van der Waals surface area (Å²) in [5.74, 6) is 0.300. The van der Waals surface area contributed by atoms with Crippen molar-refractivity contribution in [2.45, 2.75) is 52.4 Å². The van der Waals surface area contributed by atoms with Crippen LogP contribution < -0.4 is 10.9 Å². The minimum absolute atomic E-state index is 0.0102. The summed E-state index contributed by atoms with van der Waals surface area (Å²) in [5, 5.41) is 3.74. The van der Waals surface area contributed by atoms with Crippen molar-refractivity contribution in [2.75, 3.05) is 18.4 Å². The van der Waals surface area contributed by atoms with Gasteiger partial charge in [-0.2, -0.15) is 0 Å². The van der Waals surface area contributed by atoms with E-state index in [4.69, 9.17) is 0 Å². The number of amides is 1. The molecule has 1 N–H and O–H groups in total. The van der Waals surface area contributed by atoms with Gasteiger partial charge in [-0.25, -0.2) is 18.7 Å². The minimum atomic E-state index is -1.41. The van der Waals surface area contributed by atoms with E-state index in [9.17, 15) is 18.4 Å². The Bertz CT molecular complexity index is 1290. The highest BCUT2D eigenvalue weighted by atomic mass is 19.1. The minimum Gasteiger partial charge on any atom is -0.365 e. The highest BCUT2D eigenvalue weighted by molar-refractivity contribution is 5.88. The molecule has 0 bridgehead atoms. The molecule has 3 heterocycles. The maximum Gasteiger partial charge on any atom is 0.253 e. The third-order valence-electron chi connectivity index (χ3n) is 6.30. The average Bonchev–Trinajstić information content (AvgIpc) is 3.15. The normalized spacial score (nSPS) is 19.2. The molecule has 7 nitrogen and oxygen atoms in total. The molecule has 1 aliphatic rings. The van der Waals surface area contributed by atoms with Gasteiger partial charge in [-0.05, 0) is 27.2 Å². The fraction of sp³-hybridized carbons (Fsp3) is 0.417. The van der Waals surface area contributed by atoms with Crippen LogP contribution in [0.2, 0.25) is 0 Å². The van der Waals surface area contributed by atoms with Gasteiger partial charge in [0, 0.05) is 49.9 Å². The van der Waals surface area contributed by atoms with E-state index >= 15 is 0 Å². The number of nitrogens with one attached hydrogen (secondary N) is 1. The molecule has 1 unspecified atom stereocenters. The van der Waals surface area contributed by atoms with Gasteiger partial charge in [-0.3, -0.25) is 9.59 Å². The number of carbonyl (C=O) groups is 1. The zero-order valence-corrected chi connectivity index (χ0v) is 19.2. The van der Waals surface area contributed by atoms with Crippen LogP contribution in [0.5, 0.6) is 0 Å². The first-order valence-corrected chi connectivity index (χ1v) is 10.9. The van der Waals surface area contributed by atoms with Crippen LogP contribution in [0.15, 0.2) is 35.3 Å². The van der Waals surface area contributed by atoms with Crippen molar-refractivity contribution in [2.24, 2.45) is 0 Å². The smallest absolute Gasteiger partial charge is 0.253 e. The Hall–Kier alpha value is -3.36. The van der Waals surface area contributed by atoms with Crippen molar-refractivity contribution in [3.63, 3.8) is 0 Å². The molecule has 1 amide bonds. The first-order chi connectivity index (χ1) is 15.6. The first-order valence-electron chi connectivity index (χ1n) is 10.9. The number of carbonyl (C=O) groups excluding carboxylic acids is 1. The second kappa shape index (κ2) is 8.53. The molecule has 1 saturated heterocycles. The molecule has 3 aromatic rings. The number of likely N-dealkylation sites (tertiary alicyclic amines) is 1. The summed E-state index contributed by atoms with van der Waals surface area (Å²) in [6, 6.07) is 6.10. The Morgan fingerprint density at radius 3 is 2.76 bits per heavy atom. The first kappa shape index (κ1) is 22.8. The number of nitrogens with zero attached hydrogens (tertiary/aromatic N) is 4. The molecule has 1 aliphatic heterocycles. The molecule has 0 aliphatic carbocycles. The third kappa shape index (κ3) is 4.31. The van der Waals surface area contributed by atoms with Crippen molar-refractivity contribution in [3.05, 3.63) is 63.6 Å². The van der Waals surface area contributed by atoms with Gasteiger partial charge in [0.15, 0.2) is 0 Å². The van der Waals surface area contributed by atoms with Crippen LogP contribution in [0.25, 0.3) is 10.9 Å². The molecule has 0 spiro atoms. The van der Waals surface area contributed by atoms with E-state index in [1.165, 1.54) is 26.0 Å². The molecule has 174 valence electrons. The SMILES string of the molecule is CC(=O)N1CC[C@@](C)(n2cc3c(NCc4cccc(C(C)F)c4F)nc(C)nc3cc2=O)C1. The summed E-state index contributed by atoms with van der Waals surface area (Å²) in [4.78, 5) is 35.3. The summed E-state index contributed by atoms with van der Waals surface area (Å²) >= 11 is 0. The van der Waals surface area contributed by atoms with Crippen LogP contribution in [0.4, 0.5) is 14.6 Å². The fourth-order valence-electron chi connectivity index (χ4n) is 4.41. The summed E-state index contributed by atoms with van der Waals surface area (Å²) in [5.41, 5.74) is 0.0280. The molecular formula is C24H27F2N5O2. The topological polar surface area (TPSA) is 80.1 Å². The molecule has 0 radical (unpaired) electrons. The van der Waals surface area contributed by atoms with Gasteiger partial charge in [0.25, 0.3) is 5.56 Å². The lowest BCUT2D eigenvalue weighted by Gasteiger charge is -2.27. The molecule has 4 rings (SSSR count). The number of halogens is 2. The van der Waals surface area contributed by atoms with Gasteiger partial charge in [-0.15, -0.1) is 0 Å². The van der Waals surface area contributed by atoms with E-state index in [0.29, 0.717) is 47.6 Å². The summed E-state index contributed by atoms with van der Waals surface area (Å²) in [6.45, 7) is 7.58. The second-order valence-corrected chi connectivity index (χ2v) is 8.88. The summed E-state index contributed by atoms with van der Waals surface area (Å²) < 4.78 is 30.0. The molecule has 33 heavy (non-hydrogen) atoms. The Kier molecular flexibility index (Phi) is 5.90. The van der Waals surface area contributed by atoms with Crippen LogP contribution >= 0.6 is 0 Å². The molecule has 9 heteroatoms. The Morgan fingerprint density at radius 1 is 1.33 bits per heavy atom. The van der Waals surface area contributed by atoms with Gasteiger partial charge >= 0.3 is 0 Å². The third-order valence-corrected chi connectivity index (χ3v) is 6.30. The number of anilines is 1. The van der Waals surface area contributed by atoms with Crippen molar-refractivity contribution in [3.8, 4) is 0 Å². The van der Waals surface area contributed by atoms with Gasteiger partial charge in [0.2, 0.25) is 5.91 Å². The number of aryl methyl sites for hydroxylation is 1. The van der Waals surface area contributed by atoms with E-state index in [1.54, 1.807) is 34.7 Å². The highest BCUT2D eigenvalue weighted by Crippen LogP contribution is 2.30. The monoisotopic (exact) mass is 455 g/mol. The maximum atomic E-state index is 14.7. The standard InChI is InChI=1S/C24H27F2N5O2/c1-14(25)18-7-5-6-17(22(18)26)11-27-23-19-12-31(21(33)10-20(19)28-15(2)29-23)24(4)8-9-30(13-24)16(3)32/h5-7,10,12,14H,8-9,11,13H2,1-4H3,(H,27,28,29)/t14?,24-/m1/s1. The Balaban J connectivity index is 1.72. The van der Waals surface area contributed by atoms with Crippen molar-refractivity contribution < 1.29 is 13.6 Å². The zero-order valence-electron chi connectivity index (χ0n) is 19.2. The summed E-state index contributed by atoms with van der Waals surface area (Å²) in [6.07, 6.45) is 0.940. The number of hydrogen-bond donors (Lipinski definition) is 1. The number of aromatic nitrogens is 3. The molecule has 2 aromatic heterocycles.